The van der Waals surface area contributed by atoms with Crippen LogP contribution >= 0.6 is 11.6 Å². The average molecular weight is 499 g/mol. The summed E-state index contributed by atoms with van der Waals surface area (Å²) in [5, 5.41) is 11.9. The molecule has 1 saturated heterocycles. The molecule has 1 N–H and O–H groups in total. The van der Waals surface area contributed by atoms with Crippen molar-refractivity contribution in [1.82, 2.24) is 9.80 Å². The lowest BCUT2D eigenvalue weighted by Gasteiger charge is -2.28. The van der Waals surface area contributed by atoms with Crippen LogP contribution in [0, 0.1) is 12.8 Å². The van der Waals surface area contributed by atoms with Crippen molar-refractivity contribution in [3.05, 3.63) is 69.8 Å². The van der Waals surface area contributed by atoms with Gasteiger partial charge in [0.05, 0.1) is 18.2 Å². The number of likely N-dealkylation sites (N-methyl/N-ethyl adjacent to an activating group) is 1. The number of aliphatic hydroxyl groups is 1. The zero-order valence-electron chi connectivity index (χ0n) is 21.2. The minimum Gasteiger partial charge on any atom is -0.507 e. The van der Waals surface area contributed by atoms with E-state index in [1.807, 2.05) is 6.92 Å². The van der Waals surface area contributed by atoms with Crippen LogP contribution < -0.4 is 4.74 Å². The van der Waals surface area contributed by atoms with Crippen LogP contribution in [0.3, 0.4) is 0 Å². The van der Waals surface area contributed by atoms with Crippen molar-refractivity contribution in [1.29, 1.82) is 0 Å². The summed E-state index contributed by atoms with van der Waals surface area (Å²) in [6, 6.07) is 11.7. The van der Waals surface area contributed by atoms with E-state index < -0.39 is 17.7 Å². The van der Waals surface area contributed by atoms with E-state index in [9.17, 15) is 14.7 Å². The Morgan fingerprint density at radius 1 is 1.11 bits per heavy atom. The standard InChI is InChI=1S/C28H35ClN2O4/c1-6-30(7-2)14-15-31-25(20-8-11-22(29)12-9-20)24(27(33)28(31)34)26(32)21-10-13-23(19(5)16-21)35-17-18(3)4/h8-13,16,18,25,32H,6-7,14-15,17H2,1-5H3/b26-24+. The molecular formula is C28H35ClN2O4. The minimum absolute atomic E-state index is 0.0899. The molecule has 1 aliphatic heterocycles. The van der Waals surface area contributed by atoms with E-state index >= 15 is 0 Å². The fraction of sp³-hybridized carbons (Fsp3) is 0.429. The van der Waals surface area contributed by atoms with Gasteiger partial charge in [-0.2, -0.15) is 0 Å². The van der Waals surface area contributed by atoms with Gasteiger partial charge in [-0.1, -0.05) is 51.4 Å². The van der Waals surface area contributed by atoms with Gasteiger partial charge in [0, 0.05) is 23.7 Å². The van der Waals surface area contributed by atoms with Crippen molar-refractivity contribution in [3.8, 4) is 5.75 Å². The number of ether oxygens (including phenoxy) is 1. The highest BCUT2D eigenvalue weighted by molar-refractivity contribution is 6.46. The van der Waals surface area contributed by atoms with Crippen LogP contribution in [0.5, 0.6) is 5.75 Å². The Morgan fingerprint density at radius 3 is 2.34 bits per heavy atom. The lowest BCUT2D eigenvalue weighted by atomic mass is 9.95. The Bertz CT molecular complexity index is 1090. The van der Waals surface area contributed by atoms with Crippen molar-refractivity contribution in [2.45, 2.75) is 40.7 Å². The molecule has 1 atom stereocenters. The number of hydrogen-bond acceptors (Lipinski definition) is 5. The van der Waals surface area contributed by atoms with E-state index in [0.29, 0.717) is 36.2 Å². The van der Waals surface area contributed by atoms with E-state index in [4.69, 9.17) is 16.3 Å². The van der Waals surface area contributed by atoms with Gasteiger partial charge in [-0.25, -0.2) is 0 Å². The molecule has 1 amide bonds. The second kappa shape index (κ2) is 11.7. The maximum atomic E-state index is 13.2. The Hall–Kier alpha value is -2.83. The Kier molecular flexibility index (Phi) is 8.98. The predicted octanol–water partition coefficient (Wildman–Crippen LogP) is 5.45. The zero-order chi connectivity index (χ0) is 25.7. The Morgan fingerprint density at radius 2 is 1.77 bits per heavy atom. The van der Waals surface area contributed by atoms with Gasteiger partial charge < -0.3 is 19.6 Å². The van der Waals surface area contributed by atoms with Gasteiger partial charge >= 0.3 is 0 Å². The topological polar surface area (TPSA) is 70.1 Å². The highest BCUT2D eigenvalue weighted by Gasteiger charge is 2.46. The van der Waals surface area contributed by atoms with Gasteiger partial charge in [-0.05, 0) is 67.4 Å². The van der Waals surface area contributed by atoms with Crippen LogP contribution in [-0.2, 0) is 9.59 Å². The third-order valence-electron chi connectivity index (χ3n) is 6.30. The average Bonchev–Trinajstić information content (AvgIpc) is 3.08. The molecule has 0 spiro atoms. The molecule has 0 saturated carbocycles. The van der Waals surface area contributed by atoms with Crippen molar-refractivity contribution < 1.29 is 19.4 Å². The van der Waals surface area contributed by atoms with Crippen molar-refractivity contribution in [2.75, 3.05) is 32.8 Å². The number of carbonyl (C=O) groups excluding carboxylic acids is 2. The lowest BCUT2D eigenvalue weighted by Crippen LogP contribution is -2.38. The quantitative estimate of drug-likeness (QED) is 0.268. The van der Waals surface area contributed by atoms with Gasteiger partial charge in [0.2, 0.25) is 0 Å². The number of halogens is 1. The van der Waals surface area contributed by atoms with Gasteiger partial charge in [0.15, 0.2) is 0 Å². The second-order valence-electron chi connectivity index (χ2n) is 9.26. The summed E-state index contributed by atoms with van der Waals surface area (Å²) < 4.78 is 5.85. The van der Waals surface area contributed by atoms with Crippen LogP contribution in [0.25, 0.3) is 5.76 Å². The number of aliphatic hydroxyl groups excluding tert-OH is 1. The smallest absolute Gasteiger partial charge is 0.295 e. The molecule has 2 aromatic rings. The van der Waals surface area contributed by atoms with Crippen molar-refractivity contribution >= 4 is 29.1 Å². The third-order valence-corrected chi connectivity index (χ3v) is 6.55. The highest BCUT2D eigenvalue weighted by Crippen LogP contribution is 2.40. The summed E-state index contributed by atoms with van der Waals surface area (Å²) in [5.41, 5.74) is 2.13. The number of Topliss-reactive ketones (excluding diaryl/α,β-unsaturated/α-hetero) is 1. The van der Waals surface area contributed by atoms with Crippen LogP contribution in [-0.4, -0.2) is 59.4 Å². The summed E-state index contributed by atoms with van der Waals surface area (Å²) >= 11 is 6.10. The van der Waals surface area contributed by atoms with Gasteiger partial charge in [0.1, 0.15) is 11.5 Å². The number of ketones is 1. The number of hydrogen-bond donors (Lipinski definition) is 1. The summed E-state index contributed by atoms with van der Waals surface area (Å²) in [5.74, 6) is -0.363. The molecule has 188 valence electrons. The molecule has 1 heterocycles. The molecular weight excluding hydrogens is 464 g/mol. The highest BCUT2D eigenvalue weighted by atomic mass is 35.5. The van der Waals surface area contributed by atoms with Crippen LogP contribution in [0.4, 0.5) is 0 Å². The largest absolute Gasteiger partial charge is 0.507 e. The first-order valence-electron chi connectivity index (χ1n) is 12.2. The number of amides is 1. The summed E-state index contributed by atoms with van der Waals surface area (Å²) in [4.78, 5) is 30.1. The summed E-state index contributed by atoms with van der Waals surface area (Å²) in [6.45, 7) is 13.4. The molecule has 35 heavy (non-hydrogen) atoms. The predicted molar refractivity (Wildman–Crippen MR) is 140 cm³/mol. The Balaban J connectivity index is 2.04. The molecule has 1 unspecified atom stereocenters. The fourth-order valence-corrected chi connectivity index (χ4v) is 4.39. The molecule has 0 radical (unpaired) electrons. The first-order valence-corrected chi connectivity index (χ1v) is 12.6. The first-order chi connectivity index (χ1) is 16.7. The van der Waals surface area contributed by atoms with Crippen LogP contribution in [0.1, 0.15) is 50.4 Å². The maximum Gasteiger partial charge on any atom is 0.295 e. The van der Waals surface area contributed by atoms with Crippen molar-refractivity contribution in [2.24, 2.45) is 5.92 Å². The van der Waals surface area contributed by atoms with Gasteiger partial charge in [-0.15, -0.1) is 0 Å². The molecule has 3 rings (SSSR count). The van der Waals surface area contributed by atoms with E-state index in [1.54, 1.807) is 47.4 Å². The summed E-state index contributed by atoms with van der Waals surface area (Å²) in [7, 11) is 0. The number of benzene rings is 2. The number of carbonyl (C=O) groups is 2. The SMILES string of the molecule is CCN(CC)CCN1C(=O)C(=O)/C(=C(/O)c2ccc(OCC(C)C)c(C)c2)C1c1ccc(Cl)cc1. The number of likely N-dealkylation sites (tertiary alicyclic amines) is 1. The maximum absolute atomic E-state index is 13.2. The van der Waals surface area contributed by atoms with E-state index in [-0.39, 0.29) is 11.3 Å². The molecule has 0 aromatic heterocycles. The van der Waals surface area contributed by atoms with Crippen LogP contribution in [0.2, 0.25) is 5.02 Å². The Labute approximate surface area is 213 Å². The van der Waals surface area contributed by atoms with E-state index in [1.165, 1.54) is 0 Å². The lowest BCUT2D eigenvalue weighted by molar-refractivity contribution is -0.140. The zero-order valence-corrected chi connectivity index (χ0v) is 21.9. The number of aryl methyl sites for hydroxylation is 1. The second-order valence-corrected chi connectivity index (χ2v) is 9.69. The van der Waals surface area contributed by atoms with Gasteiger partial charge in [-0.3, -0.25) is 9.59 Å². The molecule has 1 aliphatic rings. The van der Waals surface area contributed by atoms with E-state index in [2.05, 4.69) is 32.6 Å². The molecule has 1 fully saturated rings. The normalized spacial score (nSPS) is 17.6. The molecule has 7 heteroatoms. The van der Waals surface area contributed by atoms with Gasteiger partial charge in [0.25, 0.3) is 11.7 Å². The number of rotatable bonds is 10. The summed E-state index contributed by atoms with van der Waals surface area (Å²) in [6.07, 6.45) is 0. The van der Waals surface area contributed by atoms with E-state index in [0.717, 1.165) is 30.0 Å². The molecule has 0 aliphatic carbocycles. The number of nitrogens with zero attached hydrogens (tertiary/aromatic N) is 2. The first kappa shape index (κ1) is 26.8. The third kappa shape index (κ3) is 6.06. The van der Waals surface area contributed by atoms with Crippen LogP contribution in [0.15, 0.2) is 48.0 Å². The molecule has 6 nitrogen and oxygen atoms in total. The van der Waals surface area contributed by atoms with Crippen molar-refractivity contribution in [3.63, 3.8) is 0 Å². The molecule has 0 bridgehead atoms. The minimum atomic E-state index is -0.694. The monoisotopic (exact) mass is 498 g/mol. The molecule has 2 aromatic carbocycles. The fourth-order valence-electron chi connectivity index (χ4n) is 4.26.